The molecule has 0 spiro atoms. The van der Waals surface area contributed by atoms with Gasteiger partial charge in [0.05, 0.1) is 5.69 Å². The zero-order chi connectivity index (χ0) is 14.8. The normalized spacial score (nSPS) is 12.1. The zero-order valence-corrected chi connectivity index (χ0v) is 14.7. The fourth-order valence-electron chi connectivity index (χ4n) is 1.68. The molecule has 1 aromatic rings. The van der Waals surface area contributed by atoms with Crippen molar-refractivity contribution < 1.29 is 8.42 Å². The summed E-state index contributed by atoms with van der Waals surface area (Å²) in [5.41, 5.74) is 6.06. The third-order valence-corrected chi connectivity index (χ3v) is 5.99. The van der Waals surface area contributed by atoms with E-state index in [0.717, 1.165) is 4.47 Å². The summed E-state index contributed by atoms with van der Waals surface area (Å²) in [5.74, 6) is 0. The Morgan fingerprint density at radius 1 is 1.42 bits per heavy atom. The van der Waals surface area contributed by atoms with E-state index in [4.69, 9.17) is 5.73 Å². The summed E-state index contributed by atoms with van der Waals surface area (Å²) in [6, 6.07) is 3.05. The minimum atomic E-state index is -3.67. The van der Waals surface area contributed by atoms with Gasteiger partial charge >= 0.3 is 0 Å². The van der Waals surface area contributed by atoms with Gasteiger partial charge in [0.2, 0.25) is 10.0 Å². The molecule has 0 fully saturated rings. The molecule has 1 aromatic carbocycles. The fraction of sp³-hybridized carbons (Fsp3) is 0.333. The molecule has 0 radical (unpaired) electrons. The highest BCUT2D eigenvalue weighted by Gasteiger charge is 2.30. The molecule has 0 saturated carbocycles. The molecule has 0 amide bonds. The first-order valence-electron chi connectivity index (χ1n) is 5.59. The molecule has 0 aromatic heterocycles. The van der Waals surface area contributed by atoms with Crippen molar-refractivity contribution in [3.63, 3.8) is 0 Å². The summed E-state index contributed by atoms with van der Waals surface area (Å²) >= 11 is 6.54. The fourth-order valence-corrected chi connectivity index (χ4v) is 5.31. The number of nitrogens with zero attached hydrogens (tertiary/aromatic N) is 1. The Morgan fingerprint density at radius 2 is 2.00 bits per heavy atom. The molecule has 1 rings (SSSR count). The highest BCUT2D eigenvalue weighted by Crippen LogP contribution is 2.34. The third-order valence-electron chi connectivity index (χ3n) is 2.49. The van der Waals surface area contributed by atoms with E-state index in [1.165, 1.54) is 4.31 Å². The third kappa shape index (κ3) is 3.59. The second-order valence-corrected chi connectivity index (χ2v) is 7.86. The number of sulfonamides is 1. The quantitative estimate of drug-likeness (QED) is 0.596. The van der Waals surface area contributed by atoms with Crippen LogP contribution in [0, 0.1) is 0 Å². The maximum Gasteiger partial charge on any atom is 0.246 e. The Balaban J connectivity index is 3.46. The van der Waals surface area contributed by atoms with Gasteiger partial charge in [-0.25, -0.2) is 8.42 Å². The van der Waals surface area contributed by atoms with Crippen LogP contribution in [0.25, 0.3) is 0 Å². The maximum absolute atomic E-state index is 12.7. The number of hydrogen-bond donors (Lipinski definition) is 1. The van der Waals surface area contributed by atoms with Crippen molar-refractivity contribution in [3.8, 4) is 0 Å². The summed E-state index contributed by atoms with van der Waals surface area (Å²) in [5, 5.41) is 0. The molecule has 2 N–H and O–H groups in total. The van der Waals surface area contributed by atoms with Crippen molar-refractivity contribution in [1.29, 1.82) is 0 Å². The molecule has 0 bridgehead atoms. The highest BCUT2D eigenvalue weighted by atomic mass is 79.9. The molecule has 0 aliphatic rings. The lowest BCUT2D eigenvalue weighted by Gasteiger charge is -2.25. The number of benzene rings is 1. The van der Waals surface area contributed by atoms with Crippen LogP contribution in [-0.4, -0.2) is 25.3 Å². The van der Waals surface area contributed by atoms with Crippen LogP contribution in [0.2, 0.25) is 0 Å². The summed E-state index contributed by atoms with van der Waals surface area (Å²) in [4.78, 5) is 0.0891. The first-order valence-corrected chi connectivity index (χ1v) is 8.61. The lowest BCUT2D eigenvalue weighted by Crippen LogP contribution is -2.37. The SMILES string of the molecule is C=CCN(C(C)C)S(=O)(=O)c1c(N)cc(Br)cc1Br. The van der Waals surface area contributed by atoms with Crippen LogP contribution in [0.15, 0.2) is 38.6 Å². The van der Waals surface area contributed by atoms with E-state index in [0.29, 0.717) is 4.47 Å². The summed E-state index contributed by atoms with van der Waals surface area (Å²) < 4.78 is 27.8. The topological polar surface area (TPSA) is 63.4 Å². The number of hydrogen-bond acceptors (Lipinski definition) is 3. The average molecular weight is 412 g/mol. The van der Waals surface area contributed by atoms with Crippen LogP contribution in [0.5, 0.6) is 0 Å². The molecule has 0 atom stereocenters. The lowest BCUT2D eigenvalue weighted by molar-refractivity contribution is 0.383. The van der Waals surface area contributed by atoms with Gasteiger partial charge in [0.15, 0.2) is 0 Å². The van der Waals surface area contributed by atoms with Crippen LogP contribution in [0.4, 0.5) is 5.69 Å². The van der Waals surface area contributed by atoms with Crippen molar-refractivity contribution in [2.45, 2.75) is 24.8 Å². The summed E-state index contributed by atoms with van der Waals surface area (Å²) in [6.07, 6.45) is 1.56. The van der Waals surface area contributed by atoms with Crippen molar-refractivity contribution in [1.82, 2.24) is 4.31 Å². The van der Waals surface area contributed by atoms with E-state index in [9.17, 15) is 8.42 Å². The smallest absolute Gasteiger partial charge is 0.246 e. The maximum atomic E-state index is 12.7. The van der Waals surface area contributed by atoms with E-state index in [1.54, 1.807) is 18.2 Å². The van der Waals surface area contributed by atoms with Crippen LogP contribution in [0.3, 0.4) is 0 Å². The zero-order valence-electron chi connectivity index (χ0n) is 10.7. The molecule has 7 heteroatoms. The minimum absolute atomic E-state index is 0.0891. The van der Waals surface area contributed by atoms with Crippen molar-refractivity contribution in [2.75, 3.05) is 12.3 Å². The van der Waals surface area contributed by atoms with Crippen LogP contribution < -0.4 is 5.73 Å². The molecule has 19 heavy (non-hydrogen) atoms. The van der Waals surface area contributed by atoms with E-state index < -0.39 is 10.0 Å². The average Bonchev–Trinajstić information content (AvgIpc) is 2.22. The molecule has 0 heterocycles. The minimum Gasteiger partial charge on any atom is -0.398 e. The number of anilines is 1. The second-order valence-electron chi connectivity index (χ2n) is 4.26. The Hall–Kier alpha value is -0.370. The van der Waals surface area contributed by atoms with Gasteiger partial charge < -0.3 is 5.73 Å². The second kappa shape index (κ2) is 6.39. The Labute approximate surface area is 131 Å². The standard InChI is InChI=1S/C12H16Br2N2O2S/c1-4-5-16(8(2)3)19(17,18)12-10(14)6-9(13)7-11(12)15/h4,6-8H,1,5,15H2,2-3H3. The van der Waals surface area contributed by atoms with E-state index in [1.807, 2.05) is 13.8 Å². The van der Waals surface area contributed by atoms with Crippen LogP contribution >= 0.6 is 31.9 Å². The molecule has 106 valence electrons. The van der Waals surface area contributed by atoms with Crippen molar-refractivity contribution >= 4 is 47.6 Å². The van der Waals surface area contributed by atoms with Gasteiger partial charge in [-0.15, -0.1) is 6.58 Å². The van der Waals surface area contributed by atoms with Crippen molar-refractivity contribution in [3.05, 3.63) is 33.7 Å². The van der Waals surface area contributed by atoms with Gasteiger partial charge in [-0.1, -0.05) is 22.0 Å². The summed E-state index contributed by atoms with van der Waals surface area (Å²) in [7, 11) is -3.67. The van der Waals surface area contributed by atoms with Gasteiger partial charge in [0, 0.05) is 21.5 Å². The molecule has 0 unspecified atom stereocenters. The van der Waals surface area contributed by atoms with Gasteiger partial charge in [0.1, 0.15) is 4.90 Å². The molecular formula is C12H16Br2N2O2S. The predicted octanol–water partition coefficient (Wildman–Crippen LogP) is 3.38. The first-order chi connectivity index (χ1) is 8.71. The molecule has 0 aliphatic heterocycles. The number of nitrogens with two attached hydrogens (primary N) is 1. The molecular weight excluding hydrogens is 396 g/mol. The Bertz CT molecular complexity index is 562. The van der Waals surface area contributed by atoms with Gasteiger partial charge in [-0.05, 0) is 41.9 Å². The Morgan fingerprint density at radius 3 is 2.42 bits per heavy atom. The molecule has 0 saturated heterocycles. The predicted molar refractivity (Wildman–Crippen MR) is 85.5 cm³/mol. The number of halogens is 2. The monoisotopic (exact) mass is 410 g/mol. The molecule has 4 nitrogen and oxygen atoms in total. The van der Waals surface area contributed by atoms with Gasteiger partial charge in [-0.3, -0.25) is 0 Å². The highest BCUT2D eigenvalue weighted by molar-refractivity contribution is 9.11. The van der Waals surface area contributed by atoms with Gasteiger partial charge in [0.25, 0.3) is 0 Å². The number of nitrogen functional groups attached to an aromatic ring is 1. The van der Waals surface area contributed by atoms with Gasteiger partial charge in [-0.2, -0.15) is 4.31 Å². The lowest BCUT2D eigenvalue weighted by atomic mass is 10.3. The van der Waals surface area contributed by atoms with E-state index >= 15 is 0 Å². The Kier molecular flexibility index (Phi) is 5.61. The van der Waals surface area contributed by atoms with Crippen LogP contribution in [0.1, 0.15) is 13.8 Å². The van der Waals surface area contributed by atoms with Crippen LogP contribution in [-0.2, 0) is 10.0 Å². The number of rotatable bonds is 5. The van der Waals surface area contributed by atoms with E-state index in [-0.39, 0.29) is 23.2 Å². The summed E-state index contributed by atoms with van der Waals surface area (Å²) in [6.45, 7) is 7.45. The molecule has 0 aliphatic carbocycles. The van der Waals surface area contributed by atoms with E-state index in [2.05, 4.69) is 38.4 Å². The largest absolute Gasteiger partial charge is 0.398 e. The first kappa shape index (κ1) is 16.7. The van der Waals surface area contributed by atoms with Crippen molar-refractivity contribution in [2.24, 2.45) is 0 Å².